The number of carbonyl (C=O) groups excluding carboxylic acids is 1. The summed E-state index contributed by atoms with van der Waals surface area (Å²) in [5, 5.41) is 26.5. The average Bonchev–Trinajstić information content (AvgIpc) is 3.07. The molecule has 0 saturated carbocycles. The molecule has 1 fully saturated rings. The van der Waals surface area contributed by atoms with Gasteiger partial charge in [-0.05, 0) is 35.7 Å². The van der Waals surface area contributed by atoms with Crippen LogP contribution in [0.4, 0.5) is 10.5 Å². The quantitative estimate of drug-likeness (QED) is 0.581. The lowest BCUT2D eigenvalue weighted by Gasteiger charge is -2.37. The van der Waals surface area contributed by atoms with Crippen LogP contribution in [0.5, 0.6) is 0 Å². The predicted octanol–water partition coefficient (Wildman–Crippen LogP) is 2.01. The van der Waals surface area contributed by atoms with E-state index in [-0.39, 0.29) is 25.2 Å². The minimum absolute atomic E-state index is 0.211. The zero-order chi connectivity index (χ0) is 21.1. The van der Waals surface area contributed by atoms with Crippen LogP contribution in [-0.4, -0.2) is 65.2 Å². The Labute approximate surface area is 180 Å². The van der Waals surface area contributed by atoms with E-state index in [0.29, 0.717) is 17.3 Å². The predicted molar refractivity (Wildman–Crippen MR) is 115 cm³/mol. The Morgan fingerprint density at radius 2 is 1.97 bits per heavy atom. The van der Waals surface area contributed by atoms with Crippen LogP contribution < -0.4 is 10.6 Å². The van der Waals surface area contributed by atoms with Crippen molar-refractivity contribution >= 4 is 23.3 Å². The molecule has 7 nitrogen and oxygen atoms in total. The topological polar surface area (TPSA) is 94.1 Å². The maximum absolute atomic E-state index is 12.3. The van der Waals surface area contributed by atoms with Gasteiger partial charge in [0.15, 0.2) is 0 Å². The molecule has 0 spiro atoms. The van der Waals surface area contributed by atoms with Crippen LogP contribution in [0, 0.1) is 0 Å². The first-order valence-corrected chi connectivity index (χ1v) is 10.5. The van der Waals surface area contributed by atoms with E-state index in [1.165, 1.54) is 11.1 Å². The number of carbonyl (C=O) groups is 1. The van der Waals surface area contributed by atoms with Crippen molar-refractivity contribution in [1.82, 2.24) is 10.2 Å². The third-order valence-corrected chi connectivity index (χ3v) is 6.00. The molecule has 0 radical (unpaired) electrons. The molecular formula is C22H26ClN3O4. The number of halogens is 1. The van der Waals surface area contributed by atoms with Gasteiger partial charge < -0.3 is 25.6 Å². The second-order valence-corrected chi connectivity index (χ2v) is 8.15. The SMILES string of the molecule is O=C(NCC1OC(CO)C(O)C1N1CCc2ccccc2C1)Nc1cccc(Cl)c1. The van der Waals surface area contributed by atoms with Gasteiger partial charge in [0.1, 0.15) is 12.2 Å². The zero-order valence-corrected chi connectivity index (χ0v) is 17.3. The molecule has 4 atom stereocenters. The van der Waals surface area contributed by atoms with Crippen LogP contribution in [0.1, 0.15) is 11.1 Å². The van der Waals surface area contributed by atoms with Crippen molar-refractivity contribution in [1.29, 1.82) is 0 Å². The fraction of sp³-hybridized carbons (Fsp3) is 0.409. The summed E-state index contributed by atoms with van der Waals surface area (Å²) in [6.07, 6.45) is -1.05. The van der Waals surface area contributed by atoms with Gasteiger partial charge in [-0.3, -0.25) is 4.90 Å². The van der Waals surface area contributed by atoms with E-state index in [1.54, 1.807) is 24.3 Å². The number of hydrogen-bond acceptors (Lipinski definition) is 5. The number of rotatable bonds is 5. The second kappa shape index (κ2) is 9.32. The molecule has 2 heterocycles. The Hall–Kier alpha value is -2.16. The molecule has 2 aliphatic heterocycles. The monoisotopic (exact) mass is 431 g/mol. The largest absolute Gasteiger partial charge is 0.394 e. The average molecular weight is 432 g/mol. The van der Waals surface area contributed by atoms with Crippen LogP contribution in [-0.2, 0) is 17.7 Å². The van der Waals surface area contributed by atoms with E-state index < -0.39 is 18.3 Å². The zero-order valence-electron chi connectivity index (χ0n) is 16.5. The summed E-state index contributed by atoms with van der Waals surface area (Å²) < 4.78 is 5.89. The van der Waals surface area contributed by atoms with E-state index in [0.717, 1.165) is 13.0 Å². The number of aliphatic hydroxyl groups excluding tert-OH is 2. The molecule has 0 bridgehead atoms. The third-order valence-electron chi connectivity index (χ3n) is 5.77. The van der Waals surface area contributed by atoms with Crippen molar-refractivity contribution in [2.45, 2.75) is 37.3 Å². The van der Waals surface area contributed by atoms with Crippen molar-refractivity contribution in [2.24, 2.45) is 0 Å². The van der Waals surface area contributed by atoms with Gasteiger partial charge in [-0.15, -0.1) is 0 Å². The number of nitrogens with one attached hydrogen (secondary N) is 2. The molecule has 1 saturated heterocycles. The molecule has 4 unspecified atom stereocenters. The summed E-state index contributed by atoms with van der Waals surface area (Å²) in [5.41, 5.74) is 3.13. The molecule has 8 heteroatoms. The smallest absolute Gasteiger partial charge is 0.319 e. The van der Waals surface area contributed by atoms with Gasteiger partial charge >= 0.3 is 6.03 Å². The maximum Gasteiger partial charge on any atom is 0.319 e. The highest BCUT2D eigenvalue weighted by molar-refractivity contribution is 6.30. The number of amides is 2. The van der Waals surface area contributed by atoms with Crippen molar-refractivity contribution in [3.8, 4) is 0 Å². The number of urea groups is 1. The number of ether oxygens (including phenoxy) is 1. The van der Waals surface area contributed by atoms with Crippen LogP contribution >= 0.6 is 11.6 Å². The third kappa shape index (κ3) is 4.61. The minimum Gasteiger partial charge on any atom is -0.394 e. The highest BCUT2D eigenvalue weighted by Gasteiger charge is 2.46. The fourth-order valence-electron chi connectivity index (χ4n) is 4.30. The van der Waals surface area contributed by atoms with Crippen molar-refractivity contribution in [2.75, 3.05) is 25.0 Å². The fourth-order valence-corrected chi connectivity index (χ4v) is 4.49. The number of aliphatic hydroxyl groups is 2. The van der Waals surface area contributed by atoms with Crippen molar-refractivity contribution in [3.05, 3.63) is 64.7 Å². The van der Waals surface area contributed by atoms with Gasteiger partial charge in [-0.1, -0.05) is 41.9 Å². The van der Waals surface area contributed by atoms with Gasteiger partial charge in [0.25, 0.3) is 0 Å². The summed E-state index contributed by atoms with van der Waals surface area (Å²) in [6, 6.07) is 14.5. The molecule has 2 aromatic rings. The van der Waals surface area contributed by atoms with Crippen LogP contribution in [0.25, 0.3) is 0 Å². The van der Waals surface area contributed by atoms with Gasteiger partial charge in [0, 0.05) is 30.3 Å². The summed E-state index contributed by atoms with van der Waals surface area (Å²) in [5.74, 6) is 0. The summed E-state index contributed by atoms with van der Waals surface area (Å²) in [6.45, 7) is 1.42. The Morgan fingerprint density at radius 3 is 2.73 bits per heavy atom. The highest BCUT2D eigenvalue weighted by atomic mass is 35.5. The second-order valence-electron chi connectivity index (χ2n) is 7.71. The lowest BCUT2D eigenvalue weighted by atomic mass is 9.95. The van der Waals surface area contributed by atoms with E-state index in [2.05, 4.69) is 27.7 Å². The van der Waals surface area contributed by atoms with Gasteiger partial charge in [-0.2, -0.15) is 0 Å². The first kappa shape index (κ1) is 21.1. The number of fused-ring (bicyclic) bond motifs is 1. The van der Waals surface area contributed by atoms with Crippen LogP contribution in [0.15, 0.2) is 48.5 Å². The van der Waals surface area contributed by atoms with E-state index in [1.807, 2.05) is 12.1 Å². The molecule has 4 N–H and O–H groups in total. The highest BCUT2D eigenvalue weighted by Crippen LogP contribution is 2.30. The lowest BCUT2D eigenvalue weighted by molar-refractivity contribution is -0.0205. The number of benzene rings is 2. The molecular weight excluding hydrogens is 406 g/mol. The molecule has 2 amide bonds. The first-order chi connectivity index (χ1) is 14.5. The van der Waals surface area contributed by atoms with Gasteiger partial charge in [-0.25, -0.2) is 4.79 Å². The van der Waals surface area contributed by atoms with Crippen LogP contribution in [0.2, 0.25) is 5.02 Å². The maximum atomic E-state index is 12.3. The molecule has 0 aliphatic carbocycles. The summed E-state index contributed by atoms with van der Waals surface area (Å²) in [4.78, 5) is 14.5. The van der Waals surface area contributed by atoms with E-state index in [9.17, 15) is 15.0 Å². The Balaban J connectivity index is 1.41. The molecule has 4 rings (SSSR count). The van der Waals surface area contributed by atoms with Crippen LogP contribution in [0.3, 0.4) is 0 Å². The first-order valence-electron chi connectivity index (χ1n) is 10.1. The molecule has 2 aromatic carbocycles. The standard InChI is InChI=1S/C22H26ClN3O4/c23-16-6-3-7-17(10-16)25-22(29)24-11-18-20(21(28)19(13-27)30-18)26-9-8-14-4-1-2-5-15(14)12-26/h1-7,10,18-21,27-28H,8-9,11-13H2,(H2,24,25,29). The molecule has 2 aliphatic rings. The van der Waals surface area contributed by atoms with Crippen molar-refractivity contribution in [3.63, 3.8) is 0 Å². The number of nitrogens with zero attached hydrogens (tertiary/aromatic N) is 1. The van der Waals surface area contributed by atoms with Gasteiger partial charge in [0.2, 0.25) is 0 Å². The minimum atomic E-state index is -0.831. The van der Waals surface area contributed by atoms with Crippen molar-refractivity contribution < 1.29 is 19.7 Å². The summed E-state index contributed by atoms with van der Waals surface area (Å²) >= 11 is 5.95. The summed E-state index contributed by atoms with van der Waals surface area (Å²) in [7, 11) is 0. The van der Waals surface area contributed by atoms with E-state index in [4.69, 9.17) is 16.3 Å². The van der Waals surface area contributed by atoms with E-state index >= 15 is 0 Å². The normalized spacial score (nSPS) is 26.2. The lowest BCUT2D eigenvalue weighted by Crippen LogP contribution is -2.52. The number of hydrogen-bond donors (Lipinski definition) is 4. The number of anilines is 1. The Kier molecular flexibility index (Phi) is 6.55. The molecule has 160 valence electrons. The molecule has 30 heavy (non-hydrogen) atoms. The van der Waals surface area contributed by atoms with Gasteiger partial charge in [0.05, 0.1) is 18.8 Å². The molecule has 0 aromatic heterocycles. The Morgan fingerprint density at radius 1 is 1.17 bits per heavy atom. The Bertz CT molecular complexity index is 896.